The molecule has 1 heterocycles. The highest BCUT2D eigenvalue weighted by atomic mass is 16.5. The van der Waals surface area contributed by atoms with E-state index in [2.05, 4.69) is 15.5 Å². The van der Waals surface area contributed by atoms with Gasteiger partial charge < -0.3 is 19.7 Å². The summed E-state index contributed by atoms with van der Waals surface area (Å²) in [5.74, 6) is -1.12. The molecular weight excluding hydrogens is 314 g/mol. The summed E-state index contributed by atoms with van der Waals surface area (Å²) >= 11 is 0. The molecule has 2 aromatic rings. The number of amides is 1. The highest BCUT2D eigenvalue weighted by Gasteiger charge is 2.48. The number of hydrogen-bond donors (Lipinski definition) is 2. The van der Waals surface area contributed by atoms with Gasteiger partial charge in [0.1, 0.15) is 11.8 Å². The van der Waals surface area contributed by atoms with Crippen molar-refractivity contribution in [2.24, 2.45) is 11.8 Å². The van der Waals surface area contributed by atoms with Crippen molar-refractivity contribution in [1.29, 1.82) is 0 Å². The van der Waals surface area contributed by atoms with Gasteiger partial charge >= 0.3 is 5.97 Å². The van der Waals surface area contributed by atoms with Crippen LogP contribution in [0.15, 0.2) is 28.8 Å². The highest BCUT2D eigenvalue weighted by molar-refractivity contribution is 5.89. The summed E-state index contributed by atoms with van der Waals surface area (Å²) in [5.41, 5.74) is 0.682. The molecule has 1 amide bonds. The number of nitrogens with zero attached hydrogens (tertiary/aromatic N) is 2. The van der Waals surface area contributed by atoms with E-state index in [1.165, 1.54) is 0 Å². The van der Waals surface area contributed by atoms with E-state index < -0.39 is 23.8 Å². The van der Waals surface area contributed by atoms with Crippen LogP contribution in [-0.2, 0) is 9.59 Å². The number of ether oxygens (including phenoxy) is 1. The van der Waals surface area contributed by atoms with Gasteiger partial charge in [-0.05, 0) is 25.5 Å². The fourth-order valence-electron chi connectivity index (χ4n) is 2.49. The predicted molar refractivity (Wildman–Crippen MR) is 82.1 cm³/mol. The Morgan fingerprint density at radius 1 is 1.38 bits per heavy atom. The van der Waals surface area contributed by atoms with E-state index in [9.17, 15) is 9.59 Å². The molecule has 0 spiro atoms. The lowest BCUT2D eigenvalue weighted by Crippen LogP contribution is -2.29. The molecule has 126 valence electrons. The summed E-state index contributed by atoms with van der Waals surface area (Å²) in [6.45, 7) is 1.70. The number of nitrogens with one attached hydrogen (secondary N) is 1. The SMILES string of the molecule is COc1ccccc1-c1noc(C(C)NC(=O)C2CC2C(=O)O)n1. The van der Waals surface area contributed by atoms with Crippen molar-refractivity contribution in [3.63, 3.8) is 0 Å². The lowest BCUT2D eigenvalue weighted by molar-refractivity contribution is -0.140. The Morgan fingerprint density at radius 2 is 2.12 bits per heavy atom. The maximum atomic E-state index is 12.0. The second-order valence-corrected chi connectivity index (χ2v) is 5.67. The third kappa shape index (κ3) is 3.08. The largest absolute Gasteiger partial charge is 0.496 e. The zero-order chi connectivity index (χ0) is 17.3. The molecule has 24 heavy (non-hydrogen) atoms. The van der Waals surface area contributed by atoms with E-state index in [4.69, 9.17) is 14.4 Å². The Labute approximate surface area is 137 Å². The molecule has 1 fully saturated rings. The van der Waals surface area contributed by atoms with Crippen LogP contribution in [-0.4, -0.2) is 34.2 Å². The Kier molecular flexibility index (Phi) is 4.20. The number of rotatable bonds is 6. The maximum Gasteiger partial charge on any atom is 0.307 e. The van der Waals surface area contributed by atoms with Crippen LogP contribution in [0.2, 0.25) is 0 Å². The molecule has 3 unspecified atom stereocenters. The van der Waals surface area contributed by atoms with Crippen molar-refractivity contribution < 1.29 is 24.0 Å². The molecule has 0 aliphatic heterocycles. The summed E-state index contributed by atoms with van der Waals surface area (Å²) in [7, 11) is 1.55. The summed E-state index contributed by atoms with van der Waals surface area (Å²) in [6, 6.07) is 6.75. The van der Waals surface area contributed by atoms with E-state index in [0.29, 0.717) is 23.6 Å². The summed E-state index contributed by atoms with van der Waals surface area (Å²) in [4.78, 5) is 27.1. The topological polar surface area (TPSA) is 115 Å². The van der Waals surface area contributed by atoms with Crippen LogP contribution in [0.3, 0.4) is 0 Å². The summed E-state index contributed by atoms with van der Waals surface area (Å²) in [6.07, 6.45) is 0.365. The third-order valence-electron chi connectivity index (χ3n) is 3.96. The first-order valence-electron chi connectivity index (χ1n) is 7.51. The fourth-order valence-corrected chi connectivity index (χ4v) is 2.49. The van der Waals surface area contributed by atoms with E-state index in [-0.39, 0.29) is 11.8 Å². The van der Waals surface area contributed by atoms with Gasteiger partial charge in [0, 0.05) is 0 Å². The first kappa shape index (κ1) is 16.0. The number of methoxy groups -OCH3 is 1. The van der Waals surface area contributed by atoms with Gasteiger partial charge in [0.25, 0.3) is 0 Å². The summed E-state index contributed by atoms with van der Waals surface area (Å²) < 4.78 is 10.5. The van der Waals surface area contributed by atoms with Crippen molar-refractivity contribution in [2.75, 3.05) is 7.11 Å². The minimum Gasteiger partial charge on any atom is -0.496 e. The lowest BCUT2D eigenvalue weighted by atomic mass is 10.2. The highest BCUT2D eigenvalue weighted by Crippen LogP contribution is 2.39. The van der Waals surface area contributed by atoms with Crippen LogP contribution >= 0.6 is 0 Å². The van der Waals surface area contributed by atoms with Crippen LogP contribution in [0.1, 0.15) is 25.3 Å². The maximum absolute atomic E-state index is 12.0. The number of hydrogen-bond acceptors (Lipinski definition) is 6. The Bertz CT molecular complexity index is 773. The molecule has 3 rings (SSSR count). The minimum atomic E-state index is -0.945. The van der Waals surface area contributed by atoms with E-state index in [0.717, 1.165) is 0 Å². The van der Waals surface area contributed by atoms with E-state index in [1.807, 2.05) is 12.1 Å². The van der Waals surface area contributed by atoms with Crippen molar-refractivity contribution in [3.05, 3.63) is 30.2 Å². The average molecular weight is 331 g/mol. The molecule has 0 saturated heterocycles. The zero-order valence-electron chi connectivity index (χ0n) is 13.2. The number of aliphatic carboxylic acids is 1. The van der Waals surface area contributed by atoms with Crippen LogP contribution in [0.25, 0.3) is 11.4 Å². The molecule has 0 radical (unpaired) electrons. The molecule has 8 nitrogen and oxygen atoms in total. The number of carbonyl (C=O) groups excluding carboxylic acids is 1. The third-order valence-corrected chi connectivity index (χ3v) is 3.96. The molecule has 1 saturated carbocycles. The number of aromatic nitrogens is 2. The molecule has 1 aromatic carbocycles. The van der Waals surface area contributed by atoms with Crippen LogP contribution in [0, 0.1) is 11.8 Å². The Balaban J connectivity index is 1.69. The van der Waals surface area contributed by atoms with Crippen LogP contribution in [0.4, 0.5) is 0 Å². The second kappa shape index (κ2) is 6.31. The molecule has 1 aromatic heterocycles. The summed E-state index contributed by atoms with van der Waals surface area (Å²) in [5, 5.41) is 15.5. The first-order chi connectivity index (χ1) is 11.5. The zero-order valence-corrected chi connectivity index (χ0v) is 13.2. The minimum absolute atomic E-state index is 0.247. The number of carboxylic acid groups (broad SMARTS) is 1. The van der Waals surface area contributed by atoms with Crippen molar-refractivity contribution in [1.82, 2.24) is 15.5 Å². The smallest absolute Gasteiger partial charge is 0.307 e. The average Bonchev–Trinajstić information content (AvgIpc) is 3.24. The van der Waals surface area contributed by atoms with Crippen LogP contribution in [0.5, 0.6) is 5.75 Å². The number of carboxylic acids is 1. The molecule has 1 aliphatic rings. The number of carbonyl (C=O) groups is 2. The van der Waals surface area contributed by atoms with Crippen molar-refractivity contribution in [2.45, 2.75) is 19.4 Å². The predicted octanol–water partition coefficient (Wildman–Crippen LogP) is 1.64. The molecule has 1 aliphatic carbocycles. The van der Waals surface area contributed by atoms with Gasteiger partial charge in [0.15, 0.2) is 0 Å². The van der Waals surface area contributed by atoms with Gasteiger partial charge in [-0.1, -0.05) is 17.3 Å². The molecule has 2 N–H and O–H groups in total. The first-order valence-corrected chi connectivity index (χ1v) is 7.51. The van der Waals surface area contributed by atoms with E-state index >= 15 is 0 Å². The molecular formula is C16H17N3O5. The number of para-hydroxylation sites is 1. The molecule has 0 bridgehead atoms. The van der Waals surface area contributed by atoms with Gasteiger partial charge in [-0.2, -0.15) is 4.98 Å². The molecule has 8 heteroatoms. The Morgan fingerprint density at radius 3 is 2.79 bits per heavy atom. The van der Waals surface area contributed by atoms with Gasteiger partial charge in [-0.25, -0.2) is 0 Å². The van der Waals surface area contributed by atoms with Gasteiger partial charge in [-0.3, -0.25) is 9.59 Å². The van der Waals surface area contributed by atoms with Gasteiger partial charge in [0.2, 0.25) is 17.6 Å². The fraction of sp³-hybridized carbons (Fsp3) is 0.375. The number of benzene rings is 1. The standard InChI is InChI=1S/C16H17N3O5/c1-8(17-14(20)10-7-11(10)16(21)22)15-18-13(19-24-15)9-5-3-4-6-12(9)23-2/h3-6,8,10-11H,7H2,1-2H3,(H,17,20)(H,21,22). The van der Waals surface area contributed by atoms with Crippen molar-refractivity contribution in [3.8, 4) is 17.1 Å². The van der Waals surface area contributed by atoms with Crippen molar-refractivity contribution >= 4 is 11.9 Å². The van der Waals surface area contributed by atoms with Gasteiger partial charge in [-0.15, -0.1) is 0 Å². The van der Waals surface area contributed by atoms with Crippen LogP contribution < -0.4 is 10.1 Å². The lowest BCUT2D eigenvalue weighted by Gasteiger charge is -2.09. The monoisotopic (exact) mass is 331 g/mol. The molecule has 3 atom stereocenters. The van der Waals surface area contributed by atoms with Gasteiger partial charge in [0.05, 0.1) is 24.5 Å². The Hall–Kier alpha value is -2.90. The van der Waals surface area contributed by atoms with E-state index in [1.54, 1.807) is 26.2 Å². The normalized spacial score (nSPS) is 20.2. The second-order valence-electron chi connectivity index (χ2n) is 5.67. The quantitative estimate of drug-likeness (QED) is 0.827.